The average molecular weight is 304 g/mol. The second-order valence-electron chi connectivity index (χ2n) is 4.90. The number of rotatable bonds is 5. The Morgan fingerprint density at radius 3 is 2.52 bits per heavy atom. The highest BCUT2D eigenvalue weighted by Crippen LogP contribution is 2.15. The molecule has 0 bridgehead atoms. The van der Waals surface area contributed by atoms with E-state index in [1.807, 2.05) is 48.5 Å². The predicted molar refractivity (Wildman–Crippen MR) is 84.6 cm³/mol. The van der Waals surface area contributed by atoms with Crippen LogP contribution in [0.1, 0.15) is 11.1 Å². The van der Waals surface area contributed by atoms with E-state index >= 15 is 0 Å². The van der Waals surface area contributed by atoms with Crippen molar-refractivity contribution in [2.45, 2.75) is 13.0 Å². The SMILES string of the molecule is COc1cccc(CC(=O)N(C)Cc2ccc(Cl)cc2)c1. The summed E-state index contributed by atoms with van der Waals surface area (Å²) in [5.41, 5.74) is 2.00. The predicted octanol–water partition coefficient (Wildman–Crippen LogP) is 3.55. The molecule has 0 aliphatic carbocycles. The third-order valence-corrected chi connectivity index (χ3v) is 3.50. The summed E-state index contributed by atoms with van der Waals surface area (Å²) in [5, 5.41) is 0.698. The summed E-state index contributed by atoms with van der Waals surface area (Å²) in [6.07, 6.45) is 0.362. The van der Waals surface area contributed by atoms with Gasteiger partial charge in [0.1, 0.15) is 5.75 Å². The van der Waals surface area contributed by atoms with Gasteiger partial charge in [-0.2, -0.15) is 0 Å². The largest absolute Gasteiger partial charge is 0.497 e. The van der Waals surface area contributed by atoms with E-state index in [2.05, 4.69) is 0 Å². The van der Waals surface area contributed by atoms with E-state index in [9.17, 15) is 4.79 Å². The van der Waals surface area contributed by atoms with Crippen molar-refractivity contribution >= 4 is 17.5 Å². The van der Waals surface area contributed by atoms with Gasteiger partial charge in [-0.15, -0.1) is 0 Å². The van der Waals surface area contributed by atoms with Gasteiger partial charge in [-0.1, -0.05) is 35.9 Å². The smallest absolute Gasteiger partial charge is 0.227 e. The van der Waals surface area contributed by atoms with Gasteiger partial charge in [0.05, 0.1) is 13.5 Å². The maximum Gasteiger partial charge on any atom is 0.227 e. The lowest BCUT2D eigenvalue weighted by Crippen LogP contribution is -2.27. The quantitative estimate of drug-likeness (QED) is 0.845. The molecule has 0 fully saturated rings. The van der Waals surface area contributed by atoms with E-state index in [0.29, 0.717) is 18.0 Å². The molecule has 0 radical (unpaired) electrons. The number of ether oxygens (including phenoxy) is 1. The summed E-state index contributed by atoms with van der Waals surface area (Å²) in [7, 11) is 3.42. The van der Waals surface area contributed by atoms with Crippen molar-refractivity contribution in [3.63, 3.8) is 0 Å². The second kappa shape index (κ2) is 7.14. The fraction of sp³-hybridized carbons (Fsp3) is 0.235. The molecule has 0 saturated heterocycles. The minimum atomic E-state index is 0.0678. The van der Waals surface area contributed by atoms with Crippen LogP contribution in [0.3, 0.4) is 0 Å². The summed E-state index contributed by atoms with van der Waals surface area (Å²) >= 11 is 5.85. The van der Waals surface area contributed by atoms with Crippen LogP contribution in [0.2, 0.25) is 5.02 Å². The second-order valence-corrected chi connectivity index (χ2v) is 5.34. The number of hydrogen-bond donors (Lipinski definition) is 0. The van der Waals surface area contributed by atoms with Crippen LogP contribution in [0.15, 0.2) is 48.5 Å². The van der Waals surface area contributed by atoms with Crippen molar-refractivity contribution in [2.75, 3.05) is 14.2 Å². The van der Waals surface area contributed by atoms with Crippen LogP contribution >= 0.6 is 11.6 Å². The molecule has 4 heteroatoms. The van der Waals surface area contributed by atoms with Crippen molar-refractivity contribution < 1.29 is 9.53 Å². The first-order valence-electron chi connectivity index (χ1n) is 6.70. The third-order valence-electron chi connectivity index (χ3n) is 3.25. The molecule has 0 saturated carbocycles. The number of benzene rings is 2. The van der Waals surface area contributed by atoms with E-state index in [1.165, 1.54) is 0 Å². The van der Waals surface area contributed by atoms with Crippen molar-refractivity contribution in [2.24, 2.45) is 0 Å². The molecule has 0 aromatic heterocycles. The van der Waals surface area contributed by atoms with Gasteiger partial charge in [0.15, 0.2) is 0 Å². The van der Waals surface area contributed by atoms with E-state index < -0.39 is 0 Å². The topological polar surface area (TPSA) is 29.5 Å². The number of methoxy groups -OCH3 is 1. The zero-order chi connectivity index (χ0) is 15.2. The Balaban J connectivity index is 1.97. The Hall–Kier alpha value is -2.00. The molecule has 1 amide bonds. The normalized spacial score (nSPS) is 10.2. The highest BCUT2D eigenvalue weighted by Gasteiger charge is 2.10. The zero-order valence-electron chi connectivity index (χ0n) is 12.2. The number of carbonyl (C=O) groups excluding carboxylic acids is 1. The molecular formula is C17H18ClNO2. The van der Waals surface area contributed by atoms with Crippen LogP contribution in [0.25, 0.3) is 0 Å². The van der Waals surface area contributed by atoms with Crippen molar-refractivity contribution in [3.8, 4) is 5.75 Å². The molecule has 0 N–H and O–H groups in total. The molecule has 0 atom stereocenters. The number of halogens is 1. The molecule has 0 heterocycles. The molecule has 0 aliphatic heterocycles. The van der Waals surface area contributed by atoms with Crippen molar-refractivity contribution in [3.05, 3.63) is 64.7 Å². The Labute approximate surface area is 130 Å². The molecule has 2 rings (SSSR count). The Morgan fingerprint density at radius 1 is 1.14 bits per heavy atom. The number of amides is 1. The van der Waals surface area contributed by atoms with Crippen LogP contribution in [0.4, 0.5) is 0 Å². The van der Waals surface area contributed by atoms with Gasteiger partial charge < -0.3 is 9.64 Å². The fourth-order valence-electron chi connectivity index (χ4n) is 2.04. The third kappa shape index (κ3) is 4.50. The lowest BCUT2D eigenvalue weighted by Gasteiger charge is -2.17. The highest BCUT2D eigenvalue weighted by atomic mass is 35.5. The monoisotopic (exact) mass is 303 g/mol. The summed E-state index contributed by atoms with van der Waals surface area (Å²) in [6, 6.07) is 15.1. The number of hydrogen-bond acceptors (Lipinski definition) is 2. The summed E-state index contributed by atoms with van der Waals surface area (Å²) < 4.78 is 5.17. The number of carbonyl (C=O) groups is 1. The molecule has 3 nitrogen and oxygen atoms in total. The molecule has 110 valence electrons. The van der Waals surface area contributed by atoms with Gasteiger partial charge in [-0.05, 0) is 35.4 Å². The number of likely N-dealkylation sites (N-methyl/N-ethyl adjacent to an activating group) is 1. The molecular weight excluding hydrogens is 286 g/mol. The van der Waals surface area contributed by atoms with E-state index in [-0.39, 0.29) is 5.91 Å². The van der Waals surface area contributed by atoms with Gasteiger partial charge in [-0.3, -0.25) is 4.79 Å². The standard InChI is InChI=1S/C17H18ClNO2/c1-19(12-13-6-8-15(18)9-7-13)17(20)11-14-4-3-5-16(10-14)21-2/h3-10H,11-12H2,1-2H3. The maximum atomic E-state index is 12.2. The first-order chi connectivity index (χ1) is 10.1. The van der Waals surface area contributed by atoms with E-state index in [4.69, 9.17) is 16.3 Å². The number of nitrogens with zero attached hydrogens (tertiary/aromatic N) is 1. The van der Waals surface area contributed by atoms with Gasteiger partial charge in [-0.25, -0.2) is 0 Å². The van der Waals surface area contributed by atoms with Gasteiger partial charge in [0, 0.05) is 18.6 Å². The molecule has 0 unspecified atom stereocenters. The summed E-state index contributed by atoms with van der Waals surface area (Å²) in [5.74, 6) is 0.832. The van der Waals surface area contributed by atoms with E-state index in [1.54, 1.807) is 19.1 Å². The van der Waals surface area contributed by atoms with Gasteiger partial charge in [0.2, 0.25) is 5.91 Å². The first-order valence-corrected chi connectivity index (χ1v) is 7.07. The zero-order valence-corrected chi connectivity index (χ0v) is 12.9. The summed E-state index contributed by atoms with van der Waals surface area (Å²) in [4.78, 5) is 14.0. The van der Waals surface area contributed by atoms with Crippen LogP contribution in [-0.4, -0.2) is 25.0 Å². The van der Waals surface area contributed by atoms with Crippen LogP contribution in [-0.2, 0) is 17.8 Å². The van der Waals surface area contributed by atoms with Crippen molar-refractivity contribution in [1.82, 2.24) is 4.90 Å². The fourth-order valence-corrected chi connectivity index (χ4v) is 2.17. The van der Waals surface area contributed by atoms with Crippen LogP contribution in [0, 0.1) is 0 Å². The molecule has 0 spiro atoms. The molecule has 2 aromatic rings. The van der Waals surface area contributed by atoms with Gasteiger partial charge in [0.25, 0.3) is 0 Å². The Kier molecular flexibility index (Phi) is 5.23. The lowest BCUT2D eigenvalue weighted by molar-refractivity contribution is -0.129. The Bertz CT molecular complexity index is 610. The minimum Gasteiger partial charge on any atom is -0.497 e. The lowest BCUT2D eigenvalue weighted by atomic mass is 10.1. The van der Waals surface area contributed by atoms with Gasteiger partial charge >= 0.3 is 0 Å². The van der Waals surface area contributed by atoms with Crippen molar-refractivity contribution in [1.29, 1.82) is 0 Å². The highest BCUT2D eigenvalue weighted by molar-refractivity contribution is 6.30. The maximum absolute atomic E-state index is 12.2. The minimum absolute atomic E-state index is 0.0678. The molecule has 2 aromatic carbocycles. The Morgan fingerprint density at radius 2 is 1.86 bits per heavy atom. The molecule has 21 heavy (non-hydrogen) atoms. The van der Waals surface area contributed by atoms with Crippen LogP contribution in [0.5, 0.6) is 5.75 Å². The van der Waals surface area contributed by atoms with E-state index in [0.717, 1.165) is 16.9 Å². The van der Waals surface area contributed by atoms with Crippen LogP contribution < -0.4 is 4.74 Å². The first kappa shape index (κ1) is 15.4. The summed E-state index contributed by atoms with van der Waals surface area (Å²) in [6.45, 7) is 0.569. The average Bonchev–Trinajstić information content (AvgIpc) is 2.49. The molecule has 0 aliphatic rings.